The van der Waals surface area contributed by atoms with Crippen LogP contribution in [-0.2, 0) is 9.59 Å². The van der Waals surface area contributed by atoms with Crippen LogP contribution in [-0.4, -0.2) is 71.8 Å². The summed E-state index contributed by atoms with van der Waals surface area (Å²) in [6.07, 6.45) is 2.10. The Morgan fingerprint density at radius 2 is 1.47 bits per heavy atom. The summed E-state index contributed by atoms with van der Waals surface area (Å²) in [7, 11) is 0. The minimum absolute atomic E-state index is 0.0297. The number of carbonyl (C=O) groups is 3. The molecule has 0 aromatic heterocycles. The Balaban J connectivity index is 1.47. The van der Waals surface area contributed by atoms with Crippen molar-refractivity contribution in [3.8, 4) is 5.75 Å². The minimum Gasteiger partial charge on any atom is -0.434 e. The van der Waals surface area contributed by atoms with Crippen LogP contribution in [0.2, 0.25) is 0 Å². The van der Waals surface area contributed by atoms with Gasteiger partial charge in [0, 0.05) is 39.1 Å². The van der Waals surface area contributed by atoms with Gasteiger partial charge in [0.2, 0.25) is 11.8 Å². The number of hydrogen-bond acceptors (Lipinski definition) is 4. The van der Waals surface area contributed by atoms with E-state index in [-0.39, 0.29) is 49.3 Å². The second-order valence-corrected chi connectivity index (χ2v) is 8.35. The molecule has 2 saturated heterocycles. The Hall–Kier alpha value is -3.49. The van der Waals surface area contributed by atoms with E-state index >= 15 is 0 Å². The molecule has 0 saturated carbocycles. The fourth-order valence-corrected chi connectivity index (χ4v) is 4.51. The van der Waals surface area contributed by atoms with E-state index in [0.717, 1.165) is 18.4 Å². The van der Waals surface area contributed by atoms with Gasteiger partial charge in [-0.05, 0) is 30.5 Å². The Kier molecular flexibility index (Phi) is 7.40. The molecule has 2 aliphatic rings. The lowest BCUT2D eigenvalue weighted by Gasteiger charge is -2.40. The van der Waals surface area contributed by atoms with Gasteiger partial charge in [0.25, 0.3) is 5.91 Å². The zero-order valence-electron chi connectivity index (χ0n) is 18.7. The van der Waals surface area contributed by atoms with Crippen LogP contribution in [0.5, 0.6) is 5.75 Å². The molecule has 9 heteroatoms. The van der Waals surface area contributed by atoms with Gasteiger partial charge in [0.15, 0.2) is 0 Å². The minimum atomic E-state index is -3.03. The topological polar surface area (TPSA) is 70.2 Å². The van der Waals surface area contributed by atoms with Crippen LogP contribution in [0.15, 0.2) is 54.6 Å². The summed E-state index contributed by atoms with van der Waals surface area (Å²) in [6, 6.07) is 14.5. The van der Waals surface area contributed by atoms with E-state index < -0.39 is 18.6 Å². The van der Waals surface area contributed by atoms with Crippen molar-refractivity contribution in [3.63, 3.8) is 0 Å². The summed E-state index contributed by atoms with van der Waals surface area (Å²) < 4.78 is 29.9. The van der Waals surface area contributed by atoms with E-state index in [2.05, 4.69) is 4.74 Å². The molecule has 180 valence electrons. The van der Waals surface area contributed by atoms with Crippen molar-refractivity contribution in [2.24, 2.45) is 0 Å². The highest BCUT2D eigenvalue weighted by molar-refractivity contribution is 5.97. The maximum absolute atomic E-state index is 13.6. The first-order valence-electron chi connectivity index (χ1n) is 11.4. The lowest BCUT2D eigenvalue weighted by atomic mass is 9.99. The largest absolute Gasteiger partial charge is 0.434 e. The summed E-state index contributed by atoms with van der Waals surface area (Å²) in [5, 5.41) is 0. The number of halogens is 2. The van der Waals surface area contributed by atoms with Gasteiger partial charge in [-0.15, -0.1) is 0 Å². The van der Waals surface area contributed by atoms with Crippen molar-refractivity contribution in [3.05, 3.63) is 65.7 Å². The van der Waals surface area contributed by atoms with Crippen molar-refractivity contribution in [2.45, 2.75) is 31.9 Å². The smallest absolute Gasteiger partial charge is 0.387 e. The van der Waals surface area contributed by atoms with Crippen molar-refractivity contribution in [1.82, 2.24) is 14.7 Å². The molecule has 2 fully saturated rings. The van der Waals surface area contributed by atoms with Crippen molar-refractivity contribution in [2.75, 3.05) is 32.7 Å². The summed E-state index contributed by atoms with van der Waals surface area (Å²) in [5.74, 6) is -0.796. The lowest BCUT2D eigenvalue weighted by molar-refractivity contribution is -0.148. The Bertz CT molecular complexity index is 1030. The van der Waals surface area contributed by atoms with Gasteiger partial charge in [-0.3, -0.25) is 14.4 Å². The third kappa shape index (κ3) is 5.18. The van der Waals surface area contributed by atoms with E-state index in [9.17, 15) is 23.2 Å². The number of piperazine rings is 1. The first-order chi connectivity index (χ1) is 16.5. The number of carbonyl (C=O) groups excluding carboxylic acids is 3. The maximum atomic E-state index is 13.6. The van der Waals surface area contributed by atoms with Crippen LogP contribution in [0.1, 0.15) is 41.2 Å². The molecule has 4 rings (SSSR count). The molecule has 2 aliphatic heterocycles. The Labute approximate surface area is 196 Å². The van der Waals surface area contributed by atoms with Crippen LogP contribution in [0.25, 0.3) is 0 Å². The molecule has 2 aromatic rings. The number of rotatable bonds is 6. The average Bonchev–Trinajstić information content (AvgIpc) is 2.86. The Morgan fingerprint density at radius 1 is 0.824 bits per heavy atom. The molecule has 0 N–H and O–H groups in total. The van der Waals surface area contributed by atoms with Gasteiger partial charge in [0.1, 0.15) is 11.8 Å². The van der Waals surface area contributed by atoms with Gasteiger partial charge in [-0.25, -0.2) is 0 Å². The predicted octanol–water partition coefficient (Wildman–Crippen LogP) is 3.33. The highest BCUT2D eigenvalue weighted by Crippen LogP contribution is 2.28. The van der Waals surface area contributed by atoms with Crippen LogP contribution in [0, 0.1) is 0 Å². The number of likely N-dealkylation sites (tertiary alicyclic amines) is 1. The van der Waals surface area contributed by atoms with Gasteiger partial charge in [-0.1, -0.05) is 42.5 Å². The zero-order valence-corrected chi connectivity index (χ0v) is 18.7. The van der Waals surface area contributed by atoms with Gasteiger partial charge in [-0.2, -0.15) is 8.78 Å². The fourth-order valence-electron chi connectivity index (χ4n) is 4.51. The summed E-state index contributed by atoms with van der Waals surface area (Å²) in [6.45, 7) is -1.42. The SMILES string of the molecule is O=C(c1ccccc1OC(F)F)N1CCN(C(=O)C(c2ccccc2)N2CCCCC2=O)CC1. The number of para-hydroxylation sites is 1. The molecular weight excluding hydrogens is 444 g/mol. The lowest BCUT2D eigenvalue weighted by Crippen LogP contribution is -2.54. The molecule has 2 aromatic carbocycles. The first kappa shape index (κ1) is 23.7. The predicted molar refractivity (Wildman–Crippen MR) is 120 cm³/mol. The van der Waals surface area contributed by atoms with E-state index in [1.807, 2.05) is 30.3 Å². The summed E-state index contributed by atoms with van der Waals surface area (Å²) in [4.78, 5) is 44.1. The summed E-state index contributed by atoms with van der Waals surface area (Å²) >= 11 is 0. The van der Waals surface area contributed by atoms with Gasteiger partial charge < -0.3 is 19.4 Å². The average molecular weight is 472 g/mol. The van der Waals surface area contributed by atoms with E-state index in [0.29, 0.717) is 13.0 Å². The molecule has 0 spiro atoms. The second-order valence-electron chi connectivity index (χ2n) is 8.35. The molecule has 1 atom stereocenters. The Morgan fingerprint density at radius 3 is 2.15 bits per heavy atom. The number of nitrogens with zero attached hydrogens (tertiary/aromatic N) is 3. The molecule has 2 heterocycles. The van der Waals surface area contributed by atoms with Crippen LogP contribution in [0.4, 0.5) is 8.78 Å². The monoisotopic (exact) mass is 471 g/mol. The van der Waals surface area contributed by atoms with Gasteiger partial charge in [0.05, 0.1) is 5.56 Å². The maximum Gasteiger partial charge on any atom is 0.387 e. The number of alkyl halides is 2. The zero-order chi connectivity index (χ0) is 24.1. The van der Waals surface area contributed by atoms with Crippen molar-refractivity contribution in [1.29, 1.82) is 0 Å². The van der Waals surface area contributed by atoms with Crippen molar-refractivity contribution >= 4 is 17.7 Å². The number of benzene rings is 2. The highest BCUT2D eigenvalue weighted by Gasteiger charge is 2.37. The molecule has 34 heavy (non-hydrogen) atoms. The third-order valence-electron chi connectivity index (χ3n) is 6.23. The molecule has 1 unspecified atom stereocenters. The molecular formula is C25H27F2N3O4. The number of ether oxygens (including phenoxy) is 1. The summed E-state index contributed by atoms with van der Waals surface area (Å²) in [5.41, 5.74) is 0.822. The van der Waals surface area contributed by atoms with E-state index in [4.69, 9.17) is 0 Å². The molecule has 0 radical (unpaired) electrons. The number of piperidine rings is 1. The normalized spacial score (nSPS) is 17.6. The molecule has 7 nitrogen and oxygen atoms in total. The van der Waals surface area contributed by atoms with Crippen LogP contribution in [0.3, 0.4) is 0 Å². The first-order valence-corrected chi connectivity index (χ1v) is 11.4. The van der Waals surface area contributed by atoms with Crippen molar-refractivity contribution < 1.29 is 27.9 Å². The quantitative estimate of drug-likeness (QED) is 0.648. The molecule has 0 aliphatic carbocycles. The van der Waals surface area contributed by atoms with E-state index in [1.54, 1.807) is 15.9 Å². The number of hydrogen-bond donors (Lipinski definition) is 0. The molecule has 3 amide bonds. The van der Waals surface area contributed by atoms with Crippen LogP contribution < -0.4 is 4.74 Å². The second kappa shape index (κ2) is 10.6. The third-order valence-corrected chi connectivity index (χ3v) is 6.23. The number of amides is 3. The molecule has 0 bridgehead atoms. The fraction of sp³-hybridized carbons (Fsp3) is 0.400. The standard InChI is InChI=1S/C25H27F2N3O4/c26-25(27)34-20-11-5-4-10-19(20)23(32)28-14-16-29(17-15-28)24(33)22(18-8-2-1-3-9-18)30-13-7-6-12-21(30)31/h1-5,8-11,22,25H,6-7,12-17H2. The van der Waals surface area contributed by atoms with Gasteiger partial charge >= 0.3 is 6.61 Å². The van der Waals surface area contributed by atoms with E-state index in [1.165, 1.54) is 23.1 Å². The van der Waals surface area contributed by atoms with Crippen LogP contribution >= 0.6 is 0 Å². The highest BCUT2D eigenvalue weighted by atomic mass is 19.3.